The number of ether oxygens (including phenoxy) is 2. The SMILES string of the molecule is C[C@@H]1CC/C=C\C2CC2(C(=O)NS(=O)(=O)C2CC2)NC(=O)[C@@H]2C[C@@H](Oc3nccc4c5c(ccc34)N(C)CCO5)CN2C(=O)[C@@H](NC(=O)NC(C)(C)C)[C@H](C)C1. The van der Waals surface area contributed by atoms with Crippen LogP contribution in [0.4, 0.5) is 10.5 Å². The standard InChI is InChI=1S/C40H55N7O8S/c1-23-9-7-8-10-25-21-40(25,37(50)45-56(52,53)27-11-12-27)43-34(48)31-20-26(22-47(31)36(49)32(24(2)19-23)42-38(51)44-39(3,4)5)55-35-29-13-14-30-33(28(29)15-16-41-35)54-18-17-46(30)6/h8,10,13-16,23-27,31-32H,7,9,11-12,17-22H2,1-6H3,(H,43,48)(H,45,50)(H2,42,44,51)/b10-8-/t23-,24-,25?,26-,31+,32+,40?/m1/s1. The van der Waals surface area contributed by atoms with Crippen molar-refractivity contribution in [2.45, 2.75) is 114 Å². The Hall–Kier alpha value is -4.60. The number of benzene rings is 1. The van der Waals surface area contributed by atoms with Crippen molar-refractivity contribution in [2.24, 2.45) is 17.8 Å². The first kappa shape index (κ1) is 39.6. The van der Waals surface area contributed by atoms with Crippen molar-refractivity contribution in [1.29, 1.82) is 0 Å². The first-order valence-electron chi connectivity index (χ1n) is 19.8. The van der Waals surface area contributed by atoms with Crippen LogP contribution in [0.3, 0.4) is 0 Å². The molecule has 0 bridgehead atoms. The van der Waals surface area contributed by atoms with Gasteiger partial charge in [0.05, 0.1) is 24.0 Å². The number of anilines is 1. The predicted octanol–water partition coefficient (Wildman–Crippen LogP) is 3.37. The molecule has 0 spiro atoms. The molecule has 7 atom stereocenters. The Kier molecular flexibility index (Phi) is 10.7. The molecule has 4 N–H and O–H groups in total. The third kappa shape index (κ3) is 8.25. The average molecular weight is 794 g/mol. The largest absolute Gasteiger partial charge is 0.489 e. The number of amides is 5. The smallest absolute Gasteiger partial charge is 0.315 e. The molecule has 3 fully saturated rings. The van der Waals surface area contributed by atoms with Gasteiger partial charge in [-0.25, -0.2) is 18.2 Å². The third-order valence-electron chi connectivity index (χ3n) is 11.6. The molecule has 1 aromatic heterocycles. The summed E-state index contributed by atoms with van der Waals surface area (Å²) in [6, 6.07) is 3.15. The fourth-order valence-corrected chi connectivity index (χ4v) is 9.68. The summed E-state index contributed by atoms with van der Waals surface area (Å²) in [4.78, 5) is 64.7. The first-order chi connectivity index (χ1) is 26.5. The zero-order valence-electron chi connectivity index (χ0n) is 33.1. The summed E-state index contributed by atoms with van der Waals surface area (Å²) < 4.78 is 40.7. The molecule has 2 saturated carbocycles. The summed E-state index contributed by atoms with van der Waals surface area (Å²) >= 11 is 0. The number of nitrogens with zero attached hydrogens (tertiary/aromatic N) is 3. The first-order valence-corrected chi connectivity index (χ1v) is 21.4. The van der Waals surface area contributed by atoms with Crippen LogP contribution in [0.5, 0.6) is 11.6 Å². The number of fused-ring (bicyclic) bond motifs is 5. The van der Waals surface area contributed by atoms with Crippen LogP contribution in [0.2, 0.25) is 0 Å². The van der Waals surface area contributed by atoms with E-state index in [2.05, 4.69) is 37.5 Å². The Morgan fingerprint density at radius 3 is 2.57 bits per heavy atom. The highest BCUT2D eigenvalue weighted by atomic mass is 32.2. The number of allylic oxidation sites excluding steroid dienone is 1. The molecule has 1 saturated heterocycles. The molecular weight excluding hydrogens is 739 g/mol. The highest BCUT2D eigenvalue weighted by molar-refractivity contribution is 7.91. The second kappa shape index (κ2) is 15.1. The Labute approximate surface area is 328 Å². The number of urea groups is 1. The van der Waals surface area contributed by atoms with Crippen LogP contribution in [-0.2, 0) is 24.4 Å². The van der Waals surface area contributed by atoms with Crippen LogP contribution in [0.1, 0.15) is 79.6 Å². The number of pyridine rings is 1. The van der Waals surface area contributed by atoms with E-state index in [4.69, 9.17) is 9.47 Å². The topological polar surface area (TPSA) is 188 Å². The van der Waals surface area contributed by atoms with Gasteiger partial charge in [-0.05, 0) is 89.3 Å². The van der Waals surface area contributed by atoms with E-state index in [9.17, 15) is 27.6 Å². The van der Waals surface area contributed by atoms with E-state index in [1.807, 2.05) is 65.1 Å². The van der Waals surface area contributed by atoms with Crippen LogP contribution in [-0.4, -0.2) is 103 Å². The van der Waals surface area contributed by atoms with E-state index >= 15 is 0 Å². The van der Waals surface area contributed by atoms with Crippen LogP contribution in [0.25, 0.3) is 10.8 Å². The minimum atomic E-state index is -3.90. The van der Waals surface area contributed by atoms with Gasteiger partial charge in [0.2, 0.25) is 27.7 Å². The molecule has 15 nitrogen and oxygen atoms in total. The molecule has 56 heavy (non-hydrogen) atoms. The Morgan fingerprint density at radius 1 is 1.07 bits per heavy atom. The fourth-order valence-electron chi connectivity index (χ4n) is 8.31. The van der Waals surface area contributed by atoms with E-state index in [1.165, 1.54) is 4.90 Å². The van der Waals surface area contributed by atoms with E-state index in [0.717, 1.165) is 29.8 Å². The molecule has 304 valence electrons. The number of rotatable bonds is 6. The van der Waals surface area contributed by atoms with E-state index < -0.39 is 74.2 Å². The van der Waals surface area contributed by atoms with Crippen molar-refractivity contribution >= 4 is 50.2 Å². The molecule has 2 aliphatic carbocycles. The van der Waals surface area contributed by atoms with Crippen LogP contribution >= 0.6 is 0 Å². The summed E-state index contributed by atoms with van der Waals surface area (Å²) in [5, 5.41) is 9.65. The minimum absolute atomic E-state index is 0.000896. The molecule has 2 unspecified atom stereocenters. The zero-order valence-corrected chi connectivity index (χ0v) is 33.9. The summed E-state index contributed by atoms with van der Waals surface area (Å²) in [7, 11) is -1.89. The van der Waals surface area contributed by atoms with Crippen molar-refractivity contribution in [3.63, 3.8) is 0 Å². The Bertz CT molecular complexity index is 2030. The summed E-state index contributed by atoms with van der Waals surface area (Å²) in [6.45, 7) is 10.9. The number of hydrogen-bond acceptors (Lipinski definition) is 10. The third-order valence-corrected chi connectivity index (χ3v) is 13.4. The Morgan fingerprint density at radius 2 is 1.84 bits per heavy atom. The predicted molar refractivity (Wildman–Crippen MR) is 211 cm³/mol. The highest BCUT2D eigenvalue weighted by Gasteiger charge is 2.62. The molecule has 1 aromatic carbocycles. The number of carbonyl (C=O) groups excluding carboxylic acids is 4. The second-order valence-electron chi connectivity index (χ2n) is 17.5. The lowest BCUT2D eigenvalue weighted by atomic mass is 9.88. The van der Waals surface area contributed by atoms with Crippen molar-refractivity contribution in [2.75, 3.05) is 31.6 Å². The molecule has 5 amide bonds. The number of sulfonamides is 1. The van der Waals surface area contributed by atoms with Crippen molar-refractivity contribution < 1.29 is 37.1 Å². The van der Waals surface area contributed by atoms with Gasteiger partial charge in [0, 0.05) is 41.9 Å². The monoisotopic (exact) mass is 793 g/mol. The van der Waals surface area contributed by atoms with E-state index in [0.29, 0.717) is 43.6 Å². The molecule has 0 radical (unpaired) electrons. The van der Waals surface area contributed by atoms with Gasteiger partial charge in [0.15, 0.2) is 5.75 Å². The van der Waals surface area contributed by atoms with Crippen molar-refractivity contribution in [1.82, 2.24) is 30.6 Å². The second-order valence-corrected chi connectivity index (χ2v) is 19.4. The molecule has 4 heterocycles. The maximum atomic E-state index is 14.8. The number of likely N-dealkylation sites (N-methyl/N-ethyl adjacent to an activating group) is 1. The molecule has 16 heteroatoms. The van der Waals surface area contributed by atoms with Gasteiger partial charge in [-0.1, -0.05) is 26.0 Å². The summed E-state index contributed by atoms with van der Waals surface area (Å²) in [6.07, 6.45) is 8.13. The molecule has 3 aliphatic heterocycles. The van der Waals surface area contributed by atoms with Gasteiger partial charge < -0.3 is 35.2 Å². The maximum absolute atomic E-state index is 14.8. The van der Waals surface area contributed by atoms with Gasteiger partial charge in [0.1, 0.15) is 30.3 Å². The van der Waals surface area contributed by atoms with Gasteiger partial charge in [-0.15, -0.1) is 0 Å². The normalized spacial score (nSPS) is 30.3. The number of nitrogens with one attached hydrogen (secondary N) is 4. The number of carbonyl (C=O) groups is 4. The highest BCUT2D eigenvalue weighted by Crippen LogP contribution is 2.46. The fraction of sp³-hybridized carbons (Fsp3) is 0.625. The quantitative estimate of drug-likeness (QED) is 0.316. The molecule has 2 aromatic rings. The number of hydrogen-bond donors (Lipinski definition) is 4. The van der Waals surface area contributed by atoms with E-state index in [-0.39, 0.29) is 31.2 Å². The Balaban J connectivity index is 1.22. The average Bonchev–Trinajstić information content (AvgIpc) is 4.05. The zero-order chi connectivity index (χ0) is 40.2. The van der Waals surface area contributed by atoms with Crippen LogP contribution in [0.15, 0.2) is 36.5 Å². The van der Waals surface area contributed by atoms with Crippen molar-refractivity contribution in [3.8, 4) is 11.6 Å². The summed E-state index contributed by atoms with van der Waals surface area (Å²) in [5.41, 5.74) is -1.13. The minimum Gasteiger partial charge on any atom is -0.489 e. The van der Waals surface area contributed by atoms with Gasteiger partial charge in [0.25, 0.3) is 5.91 Å². The van der Waals surface area contributed by atoms with Gasteiger partial charge in [-0.2, -0.15) is 0 Å². The number of aromatic nitrogens is 1. The maximum Gasteiger partial charge on any atom is 0.315 e. The lowest BCUT2D eigenvalue weighted by Gasteiger charge is -2.33. The lowest BCUT2D eigenvalue weighted by molar-refractivity contribution is -0.142. The summed E-state index contributed by atoms with van der Waals surface area (Å²) in [5.74, 6) is -1.35. The van der Waals surface area contributed by atoms with Crippen LogP contribution < -0.4 is 35.0 Å². The van der Waals surface area contributed by atoms with Crippen LogP contribution in [0, 0.1) is 17.8 Å². The molecule has 7 rings (SSSR count). The van der Waals surface area contributed by atoms with Crippen molar-refractivity contribution in [3.05, 3.63) is 36.5 Å². The van der Waals surface area contributed by atoms with E-state index in [1.54, 1.807) is 6.20 Å². The lowest BCUT2D eigenvalue weighted by Crippen LogP contribution is -2.60. The van der Waals surface area contributed by atoms with Gasteiger partial charge in [-0.3, -0.25) is 19.1 Å². The van der Waals surface area contributed by atoms with Gasteiger partial charge >= 0.3 is 6.03 Å². The molecule has 5 aliphatic rings. The molecular formula is C40H55N7O8S.